The minimum atomic E-state index is 0.0503. The Morgan fingerprint density at radius 2 is 1.84 bits per heavy atom. The smallest absolute Gasteiger partial charge is 0.269 e. The zero-order valence-electron chi connectivity index (χ0n) is 18.1. The molecule has 0 aliphatic carbocycles. The average molecular weight is 461 g/mol. The normalized spacial score (nSPS) is 19.4. The highest BCUT2D eigenvalue weighted by Gasteiger charge is 2.39. The minimum Gasteiger partial charge on any atom is -0.334 e. The molecule has 2 aromatic carbocycles. The number of nitrogens with zero attached hydrogens (tertiary/aromatic N) is 4. The third kappa shape index (κ3) is 3.69. The van der Waals surface area contributed by atoms with Crippen molar-refractivity contribution in [3.05, 3.63) is 70.7 Å². The number of carbonyl (C=O) groups excluding carboxylic acids is 1. The van der Waals surface area contributed by atoms with E-state index in [2.05, 4.69) is 35.9 Å². The van der Waals surface area contributed by atoms with Gasteiger partial charge in [-0.05, 0) is 61.5 Å². The second-order valence-corrected chi connectivity index (χ2v) is 9.61. The molecule has 1 saturated heterocycles. The summed E-state index contributed by atoms with van der Waals surface area (Å²) in [4.78, 5) is 29.1. The van der Waals surface area contributed by atoms with Crippen LogP contribution in [0.2, 0.25) is 0 Å². The van der Waals surface area contributed by atoms with Gasteiger partial charge in [0.2, 0.25) is 0 Å². The van der Waals surface area contributed by atoms with E-state index < -0.39 is 0 Å². The highest BCUT2D eigenvalue weighted by Crippen LogP contribution is 2.50. The number of unbranched alkanes of at least 4 members (excludes halogenated alkanes) is 1. The fourth-order valence-electron chi connectivity index (χ4n) is 3.94. The number of amidine groups is 1. The molecule has 2 aliphatic heterocycles. The number of hydrogen-bond donors (Lipinski definition) is 0. The van der Waals surface area contributed by atoms with Crippen LogP contribution in [0.5, 0.6) is 0 Å². The molecule has 2 aliphatic rings. The van der Waals surface area contributed by atoms with Gasteiger partial charge in [0.1, 0.15) is 9.93 Å². The summed E-state index contributed by atoms with van der Waals surface area (Å²) in [5.74, 6) is 0.0503. The van der Waals surface area contributed by atoms with Crippen LogP contribution >= 0.6 is 23.5 Å². The Kier molecular flexibility index (Phi) is 5.93. The average Bonchev–Trinajstić information content (AvgIpc) is 3.34. The van der Waals surface area contributed by atoms with Crippen molar-refractivity contribution in [3.8, 4) is 0 Å². The zero-order valence-corrected chi connectivity index (χ0v) is 19.7. The molecule has 0 N–H and O–H groups in total. The SMILES string of the molecule is CCCCN1C(=O)/C(=C2/Sc3ccccc3N2CC)SC1=Nc1cccc2ncccc12. The van der Waals surface area contributed by atoms with Gasteiger partial charge in [-0.25, -0.2) is 4.99 Å². The molecule has 5 rings (SSSR count). The van der Waals surface area contributed by atoms with Crippen molar-refractivity contribution in [2.45, 2.75) is 31.6 Å². The van der Waals surface area contributed by atoms with Gasteiger partial charge in [-0.2, -0.15) is 0 Å². The Balaban J connectivity index is 1.59. The van der Waals surface area contributed by atoms with Gasteiger partial charge in [0.05, 0.1) is 16.9 Å². The third-order valence-corrected chi connectivity index (χ3v) is 7.93. The lowest BCUT2D eigenvalue weighted by Crippen LogP contribution is -2.30. The monoisotopic (exact) mass is 460 g/mol. The van der Waals surface area contributed by atoms with Gasteiger partial charge in [-0.3, -0.25) is 14.7 Å². The Labute approximate surface area is 196 Å². The molecular formula is C25H24N4OS2. The summed E-state index contributed by atoms with van der Waals surface area (Å²) < 4.78 is 0. The summed E-state index contributed by atoms with van der Waals surface area (Å²) in [5, 5.41) is 2.75. The number of benzene rings is 2. The second-order valence-electron chi connectivity index (χ2n) is 7.60. The fourth-order valence-corrected chi connectivity index (χ4v) is 6.35. The maximum absolute atomic E-state index is 13.6. The van der Waals surface area contributed by atoms with E-state index in [9.17, 15) is 4.79 Å². The largest absolute Gasteiger partial charge is 0.334 e. The standard InChI is InChI=1S/C25H24N4OS2/c1-3-5-16-29-23(30)22(24-28(4-2)20-13-6-7-14-21(20)31-24)32-25(29)27-19-12-8-11-18-17(19)10-9-15-26-18/h6-15H,3-5,16H2,1-2H3/b24-22-,27-25?. The molecule has 0 saturated carbocycles. The molecule has 0 atom stereocenters. The van der Waals surface area contributed by atoms with Crippen LogP contribution in [0.1, 0.15) is 26.7 Å². The first-order chi connectivity index (χ1) is 15.7. The van der Waals surface area contributed by atoms with Crippen LogP contribution in [0.4, 0.5) is 11.4 Å². The molecule has 0 radical (unpaired) electrons. The zero-order chi connectivity index (χ0) is 22.1. The van der Waals surface area contributed by atoms with Crippen LogP contribution in [0, 0.1) is 0 Å². The summed E-state index contributed by atoms with van der Waals surface area (Å²) in [6.07, 6.45) is 3.75. The number of hydrogen-bond acceptors (Lipinski definition) is 6. The fraction of sp³-hybridized carbons (Fsp3) is 0.240. The lowest BCUT2D eigenvalue weighted by Gasteiger charge is -2.19. The van der Waals surface area contributed by atoms with Crippen LogP contribution in [-0.4, -0.2) is 34.0 Å². The number of para-hydroxylation sites is 1. The van der Waals surface area contributed by atoms with Crippen LogP contribution in [0.15, 0.2) is 80.6 Å². The first-order valence-corrected chi connectivity index (χ1v) is 12.6. The van der Waals surface area contributed by atoms with Gasteiger partial charge in [-0.1, -0.05) is 43.3 Å². The number of pyridine rings is 1. The van der Waals surface area contributed by atoms with Crippen LogP contribution in [0.3, 0.4) is 0 Å². The molecule has 162 valence electrons. The van der Waals surface area contributed by atoms with Crippen LogP contribution in [-0.2, 0) is 4.79 Å². The minimum absolute atomic E-state index is 0.0503. The van der Waals surface area contributed by atoms with Crippen molar-refractivity contribution in [1.82, 2.24) is 9.88 Å². The number of amides is 1. The highest BCUT2D eigenvalue weighted by atomic mass is 32.2. The van der Waals surface area contributed by atoms with Crippen molar-refractivity contribution in [2.24, 2.45) is 4.99 Å². The van der Waals surface area contributed by atoms with Gasteiger partial charge < -0.3 is 4.90 Å². The number of aliphatic imine (C=N–C) groups is 1. The molecule has 32 heavy (non-hydrogen) atoms. The first-order valence-electron chi connectivity index (χ1n) is 10.9. The second kappa shape index (κ2) is 9.00. The maximum Gasteiger partial charge on any atom is 0.269 e. The lowest BCUT2D eigenvalue weighted by molar-refractivity contribution is -0.122. The summed E-state index contributed by atoms with van der Waals surface area (Å²) in [6, 6.07) is 18.2. The Hall–Kier alpha value is -2.77. The number of fused-ring (bicyclic) bond motifs is 2. The van der Waals surface area contributed by atoms with E-state index in [-0.39, 0.29) is 5.91 Å². The summed E-state index contributed by atoms with van der Waals surface area (Å²) in [6.45, 7) is 5.75. The van der Waals surface area contributed by atoms with Gasteiger partial charge in [-0.15, -0.1) is 0 Å². The number of thioether (sulfide) groups is 2. The van der Waals surface area contributed by atoms with Gasteiger partial charge in [0.15, 0.2) is 5.17 Å². The maximum atomic E-state index is 13.6. The molecule has 3 heterocycles. The highest BCUT2D eigenvalue weighted by molar-refractivity contribution is 8.19. The molecule has 3 aromatic rings. The van der Waals surface area contributed by atoms with E-state index in [1.165, 1.54) is 22.3 Å². The van der Waals surface area contributed by atoms with E-state index in [0.29, 0.717) is 6.54 Å². The topological polar surface area (TPSA) is 48.8 Å². The molecule has 0 unspecified atom stereocenters. The molecular weight excluding hydrogens is 436 g/mol. The number of anilines is 1. The molecule has 0 bridgehead atoms. The Bertz CT molecular complexity index is 1250. The number of aromatic nitrogens is 1. The van der Waals surface area contributed by atoms with Gasteiger partial charge >= 0.3 is 0 Å². The molecule has 0 spiro atoms. The molecule has 5 nitrogen and oxygen atoms in total. The van der Waals surface area contributed by atoms with E-state index >= 15 is 0 Å². The predicted molar refractivity (Wildman–Crippen MR) is 135 cm³/mol. The third-order valence-electron chi connectivity index (χ3n) is 5.56. The first kappa shape index (κ1) is 21.1. The summed E-state index contributed by atoms with van der Waals surface area (Å²) >= 11 is 3.17. The number of carbonyl (C=O) groups is 1. The molecule has 1 fully saturated rings. The molecule has 7 heteroatoms. The van der Waals surface area contributed by atoms with Crippen molar-refractivity contribution in [3.63, 3.8) is 0 Å². The van der Waals surface area contributed by atoms with Gasteiger partial charge in [0.25, 0.3) is 5.91 Å². The van der Waals surface area contributed by atoms with Crippen molar-refractivity contribution >= 4 is 56.9 Å². The van der Waals surface area contributed by atoms with Crippen molar-refractivity contribution in [1.29, 1.82) is 0 Å². The molecule has 1 aromatic heterocycles. The van der Waals surface area contributed by atoms with E-state index in [1.54, 1.807) is 18.0 Å². The quantitative estimate of drug-likeness (QED) is 0.412. The molecule has 1 amide bonds. The predicted octanol–water partition coefficient (Wildman–Crippen LogP) is 6.40. The van der Waals surface area contributed by atoms with Crippen molar-refractivity contribution in [2.75, 3.05) is 18.0 Å². The van der Waals surface area contributed by atoms with Crippen molar-refractivity contribution < 1.29 is 4.79 Å². The van der Waals surface area contributed by atoms with E-state index in [0.717, 1.165) is 51.1 Å². The van der Waals surface area contributed by atoms with Crippen LogP contribution < -0.4 is 4.90 Å². The lowest BCUT2D eigenvalue weighted by atomic mass is 10.2. The Morgan fingerprint density at radius 1 is 0.969 bits per heavy atom. The number of rotatable bonds is 5. The Morgan fingerprint density at radius 3 is 2.69 bits per heavy atom. The van der Waals surface area contributed by atoms with Gasteiger partial charge in [0, 0.05) is 29.6 Å². The summed E-state index contributed by atoms with van der Waals surface area (Å²) in [7, 11) is 0. The van der Waals surface area contributed by atoms with E-state index in [4.69, 9.17) is 4.99 Å². The summed E-state index contributed by atoms with van der Waals surface area (Å²) in [5.41, 5.74) is 2.91. The van der Waals surface area contributed by atoms with E-state index in [1.807, 2.05) is 47.4 Å². The van der Waals surface area contributed by atoms with Crippen LogP contribution in [0.25, 0.3) is 10.9 Å².